The highest BCUT2D eigenvalue weighted by Gasteiger charge is 2.38. The lowest BCUT2D eigenvalue weighted by molar-refractivity contribution is -0.151. The third-order valence-electron chi connectivity index (χ3n) is 2.74. The Morgan fingerprint density at radius 3 is 2.77 bits per heavy atom. The molecule has 0 saturated carbocycles. The van der Waals surface area contributed by atoms with Crippen LogP contribution in [0, 0.1) is 0 Å². The zero-order chi connectivity index (χ0) is 9.73. The van der Waals surface area contributed by atoms with Gasteiger partial charge in [0, 0.05) is 6.61 Å². The first-order valence-electron chi connectivity index (χ1n) is 5.15. The molecule has 1 aliphatic heterocycles. The van der Waals surface area contributed by atoms with Crippen molar-refractivity contribution >= 4 is 5.91 Å². The van der Waals surface area contributed by atoms with E-state index in [9.17, 15) is 4.79 Å². The lowest BCUT2D eigenvalue weighted by atomic mass is 9.88. The van der Waals surface area contributed by atoms with Gasteiger partial charge in [0.2, 0.25) is 5.91 Å². The van der Waals surface area contributed by atoms with Gasteiger partial charge in [-0.05, 0) is 25.7 Å². The molecule has 1 amide bonds. The van der Waals surface area contributed by atoms with Crippen LogP contribution in [0.5, 0.6) is 0 Å². The number of primary amides is 1. The van der Waals surface area contributed by atoms with Gasteiger partial charge in [0.15, 0.2) is 0 Å². The molecule has 0 spiro atoms. The van der Waals surface area contributed by atoms with Gasteiger partial charge in [-0.3, -0.25) is 4.79 Å². The molecule has 76 valence electrons. The maximum absolute atomic E-state index is 11.3. The Bertz CT molecular complexity index is 174. The molecule has 0 aromatic heterocycles. The molecule has 1 heterocycles. The number of amides is 1. The average molecular weight is 185 g/mol. The highest BCUT2D eigenvalue weighted by molar-refractivity contribution is 5.83. The SMILES string of the molecule is CCCCC1(C(N)=O)CCCCO1. The van der Waals surface area contributed by atoms with Crippen LogP contribution in [0.25, 0.3) is 0 Å². The number of carbonyl (C=O) groups is 1. The number of ether oxygens (including phenoxy) is 1. The highest BCUT2D eigenvalue weighted by Crippen LogP contribution is 2.29. The largest absolute Gasteiger partial charge is 0.367 e. The van der Waals surface area contributed by atoms with E-state index < -0.39 is 5.60 Å². The Kier molecular flexibility index (Phi) is 3.72. The van der Waals surface area contributed by atoms with Crippen molar-refractivity contribution in [2.75, 3.05) is 6.61 Å². The lowest BCUT2D eigenvalue weighted by Crippen LogP contribution is -2.48. The van der Waals surface area contributed by atoms with Crippen LogP contribution in [0.3, 0.4) is 0 Å². The maximum atomic E-state index is 11.3. The van der Waals surface area contributed by atoms with E-state index in [-0.39, 0.29) is 5.91 Å². The molecule has 1 saturated heterocycles. The Hall–Kier alpha value is -0.570. The molecule has 0 aliphatic carbocycles. The molecule has 1 fully saturated rings. The van der Waals surface area contributed by atoms with E-state index in [2.05, 4.69) is 6.92 Å². The van der Waals surface area contributed by atoms with E-state index in [1.807, 2.05) is 0 Å². The van der Waals surface area contributed by atoms with Crippen LogP contribution in [0.15, 0.2) is 0 Å². The van der Waals surface area contributed by atoms with Crippen molar-refractivity contribution in [3.8, 4) is 0 Å². The van der Waals surface area contributed by atoms with Gasteiger partial charge in [-0.25, -0.2) is 0 Å². The van der Waals surface area contributed by atoms with Gasteiger partial charge in [0.1, 0.15) is 5.60 Å². The molecule has 0 aromatic rings. The van der Waals surface area contributed by atoms with E-state index in [1.54, 1.807) is 0 Å². The van der Waals surface area contributed by atoms with E-state index >= 15 is 0 Å². The second-order valence-corrected chi connectivity index (χ2v) is 3.77. The average Bonchev–Trinajstić information content (AvgIpc) is 2.16. The second kappa shape index (κ2) is 4.61. The van der Waals surface area contributed by atoms with Crippen LogP contribution >= 0.6 is 0 Å². The van der Waals surface area contributed by atoms with Crippen molar-refractivity contribution in [1.29, 1.82) is 0 Å². The van der Waals surface area contributed by atoms with E-state index in [0.717, 1.165) is 38.5 Å². The fourth-order valence-corrected chi connectivity index (χ4v) is 1.83. The summed E-state index contributed by atoms with van der Waals surface area (Å²) in [5.74, 6) is -0.277. The molecule has 0 radical (unpaired) electrons. The van der Waals surface area contributed by atoms with Gasteiger partial charge in [-0.15, -0.1) is 0 Å². The number of carbonyl (C=O) groups excluding carboxylic acids is 1. The molecule has 0 aromatic carbocycles. The Labute approximate surface area is 79.6 Å². The first-order valence-corrected chi connectivity index (χ1v) is 5.15. The number of unbranched alkanes of at least 4 members (excludes halogenated alkanes) is 1. The van der Waals surface area contributed by atoms with Gasteiger partial charge >= 0.3 is 0 Å². The third kappa shape index (κ3) is 2.44. The molecule has 1 rings (SSSR count). The molecular formula is C10H19NO2. The fourth-order valence-electron chi connectivity index (χ4n) is 1.83. The lowest BCUT2D eigenvalue weighted by Gasteiger charge is -2.34. The summed E-state index contributed by atoms with van der Waals surface area (Å²) in [7, 11) is 0. The Morgan fingerprint density at radius 1 is 1.54 bits per heavy atom. The van der Waals surface area contributed by atoms with Crippen LogP contribution in [-0.2, 0) is 9.53 Å². The van der Waals surface area contributed by atoms with Crippen molar-refractivity contribution in [3.63, 3.8) is 0 Å². The standard InChI is InChI=1S/C10H19NO2/c1-2-3-6-10(9(11)12)7-4-5-8-13-10/h2-8H2,1H3,(H2,11,12). The minimum atomic E-state index is -0.631. The quantitative estimate of drug-likeness (QED) is 0.723. The molecule has 13 heavy (non-hydrogen) atoms. The van der Waals surface area contributed by atoms with Gasteiger partial charge in [0.05, 0.1) is 0 Å². The van der Waals surface area contributed by atoms with Crippen LogP contribution < -0.4 is 5.73 Å². The molecule has 1 atom stereocenters. The van der Waals surface area contributed by atoms with E-state index in [0.29, 0.717) is 6.61 Å². The molecule has 0 bridgehead atoms. The minimum absolute atomic E-state index is 0.277. The van der Waals surface area contributed by atoms with Gasteiger partial charge in [0.25, 0.3) is 0 Å². The van der Waals surface area contributed by atoms with Crippen LogP contribution in [0.4, 0.5) is 0 Å². The second-order valence-electron chi connectivity index (χ2n) is 3.77. The molecule has 1 unspecified atom stereocenters. The number of hydrogen-bond donors (Lipinski definition) is 1. The number of hydrogen-bond acceptors (Lipinski definition) is 2. The Balaban J connectivity index is 2.56. The summed E-state index contributed by atoms with van der Waals surface area (Å²) in [6, 6.07) is 0. The molecule has 1 aliphatic rings. The van der Waals surface area contributed by atoms with Crippen molar-refractivity contribution in [1.82, 2.24) is 0 Å². The number of nitrogens with two attached hydrogens (primary N) is 1. The summed E-state index contributed by atoms with van der Waals surface area (Å²) < 4.78 is 5.55. The van der Waals surface area contributed by atoms with Gasteiger partial charge in [-0.1, -0.05) is 19.8 Å². The van der Waals surface area contributed by atoms with Gasteiger partial charge < -0.3 is 10.5 Å². The smallest absolute Gasteiger partial charge is 0.249 e. The molecule has 3 nitrogen and oxygen atoms in total. The zero-order valence-corrected chi connectivity index (χ0v) is 8.34. The minimum Gasteiger partial charge on any atom is -0.367 e. The van der Waals surface area contributed by atoms with Crippen molar-refractivity contribution in [3.05, 3.63) is 0 Å². The fraction of sp³-hybridized carbons (Fsp3) is 0.900. The van der Waals surface area contributed by atoms with Crippen LogP contribution in [-0.4, -0.2) is 18.1 Å². The monoisotopic (exact) mass is 185 g/mol. The maximum Gasteiger partial charge on any atom is 0.249 e. The summed E-state index contributed by atoms with van der Waals surface area (Å²) in [6.45, 7) is 2.80. The summed E-state index contributed by atoms with van der Waals surface area (Å²) in [6.07, 6.45) is 5.82. The van der Waals surface area contributed by atoms with Crippen molar-refractivity contribution < 1.29 is 9.53 Å². The van der Waals surface area contributed by atoms with Crippen LogP contribution in [0.2, 0.25) is 0 Å². The first-order chi connectivity index (χ1) is 6.21. The van der Waals surface area contributed by atoms with Gasteiger partial charge in [-0.2, -0.15) is 0 Å². The normalized spacial score (nSPS) is 28.7. The predicted octanol–water partition coefficient (Wildman–Crippen LogP) is 1.60. The summed E-state index contributed by atoms with van der Waals surface area (Å²) in [5, 5.41) is 0. The zero-order valence-electron chi connectivity index (χ0n) is 8.34. The summed E-state index contributed by atoms with van der Waals surface area (Å²) >= 11 is 0. The molecule has 3 heteroatoms. The number of rotatable bonds is 4. The Morgan fingerprint density at radius 2 is 2.31 bits per heavy atom. The highest BCUT2D eigenvalue weighted by atomic mass is 16.5. The van der Waals surface area contributed by atoms with Crippen LogP contribution in [0.1, 0.15) is 45.4 Å². The van der Waals surface area contributed by atoms with Crippen molar-refractivity contribution in [2.24, 2.45) is 5.73 Å². The van der Waals surface area contributed by atoms with E-state index in [4.69, 9.17) is 10.5 Å². The molecular weight excluding hydrogens is 166 g/mol. The third-order valence-corrected chi connectivity index (χ3v) is 2.74. The topological polar surface area (TPSA) is 52.3 Å². The summed E-state index contributed by atoms with van der Waals surface area (Å²) in [5.41, 5.74) is 4.75. The predicted molar refractivity (Wildman–Crippen MR) is 51.3 cm³/mol. The summed E-state index contributed by atoms with van der Waals surface area (Å²) in [4.78, 5) is 11.3. The van der Waals surface area contributed by atoms with Crippen molar-refractivity contribution in [2.45, 2.75) is 51.0 Å². The molecule has 2 N–H and O–H groups in total. The first kappa shape index (κ1) is 10.5. The van der Waals surface area contributed by atoms with E-state index in [1.165, 1.54) is 0 Å².